The lowest BCUT2D eigenvalue weighted by Crippen LogP contribution is -2.34. The van der Waals surface area contributed by atoms with E-state index in [0.29, 0.717) is 12.5 Å². The summed E-state index contributed by atoms with van der Waals surface area (Å²) in [5.41, 5.74) is -0.206. The Labute approximate surface area is 126 Å². The molecular formula is C14H17FN2O3S. The van der Waals surface area contributed by atoms with Gasteiger partial charge in [-0.05, 0) is 48.5 Å². The van der Waals surface area contributed by atoms with Crippen LogP contribution in [0.2, 0.25) is 0 Å². The minimum absolute atomic E-state index is 0.255. The zero-order valence-corrected chi connectivity index (χ0v) is 12.2. The zero-order chi connectivity index (χ0) is 15.2. The third-order valence-electron chi connectivity index (χ3n) is 3.35. The molecule has 0 radical (unpaired) electrons. The number of benzene rings is 1. The molecule has 1 aromatic carbocycles. The molecule has 0 saturated carbocycles. The van der Waals surface area contributed by atoms with E-state index in [1.54, 1.807) is 0 Å². The quantitative estimate of drug-likeness (QED) is 0.799. The smallest absolute Gasteiger partial charge is 0.338 e. The van der Waals surface area contributed by atoms with E-state index in [0.717, 1.165) is 36.5 Å². The van der Waals surface area contributed by atoms with Crippen LogP contribution >= 0.6 is 11.8 Å². The number of hydrogen-bond donors (Lipinski definition) is 3. The molecule has 0 spiro atoms. The van der Waals surface area contributed by atoms with Gasteiger partial charge in [0.05, 0.1) is 5.56 Å². The fourth-order valence-electron chi connectivity index (χ4n) is 2.13. The standard InChI is InChI=1S/C14H17FN2O3S/c15-12-2-1-10(7-11(12)13(18)19)17-14(20)16-8-9-3-5-21-6-4-9/h1-2,7,9H,3-6,8H2,(H,18,19)(H2,16,17,20). The summed E-state index contributed by atoms with van der Waals surface area (Å²) in [7, 11) is 0. The summed E-state index contributed by atoms with van der Waals surface area (Å²) in [6, 6.07) is 3.06. The van der Waals surface area contributed by atoms with Crippen molar-refractivity contribution in [3.63, 3.8) is 0 Å². The maximum Gasteiger partial charge on any atom is 0.338 e. The Bertz CT molecular complexity index is 533. The van der Waals surface area contributed by atoms with Crippen molar-refractivity contribution in [3.8, 4) is 0 Å². The van der Waals surface area contributed by atoms with Gasteiger partial charge in [-0.2, -0.15) is 11.8 Å². The normalized spacial score (nSPS) is 15.5. The van der Waals surface area contributed by atoms with Crippen molar-refractivity contribution in [1.29, 1.82) is 0 Å². The van der Waals surface area contributed by atoms with Gasteiger partial charge in [0, 0.05) is 12.2 Å². The first-order chi connectivity index (χ1) is 10.1. The molecule has 3 N–H and O–H groups in total. The van der Waals surface area contributed by atoms with Crippen LogP contribution in [-0.4, -0.2) is 35.2 Å². The second kappa shape index (κ2) is 7.31. The molecule has 2 rings (SSSR count). The minimum atomic E-state index is -1.36. The summed E-state index contributed by atoms with van der Waals surface area (Å²) in [5, 5.41) is 14.1. The minimum Gasteiger partial charge on any atom is -0.478 e. The van der Waals surface area contributed by atoms with Gasteiger partial charge in [-0.3, -0.25) is 0 Å². The van der Waals surface area contributed by atoms with E-state index >= 15 is 0 Å². The van der Waals surface area contributed by atoms with Crippen LogP contribution in [0, 0.1) is 11.7 Å². The second-order valence-electron chi connectivity index (χ2n) is 4.89. The number of thioether (sulfide) groups is 1. The number of nitrogens with one attached hydrogen (secondary N) is 2. The number of amides is 2. The highest BCUT2D eigenvalue weighted by atomic mass is 32.2. The third kappa shape index (κ3) is 4.63. The van der Waals surface area contributed by atoms with Crippen LogP contribution in [0.5, 0.6) is 0 Å². The molecule has 1 fully saturated rings. The molecule has 114 valence electrons. The molecule has 0 unspecified atom stereocenters. The second-order valence-corrected chi connectivity index (χ2v) is 6.12. The Morgan fingerprint density at radius 3 is 2.71 bits per heavy atom. The highest BCUT2D eigenvalue weighted by Gasteiger charge is 2.15. The van der Waals surface area contributed by atoms with Gasteiger partial charge in [-0.1, -0.05) is 0 Å². The average molecular weight is 312 g/mol. The van der Waals surface area contributed by atoms with Gasteiger partial charge in [0.15, 0.2) is 0 Å². The van der Waals surface area contributed by atoms with Crippen LogP contribution in [0.25, 0.3) is 0 Å². The molecule has 1 aliphatic heterocycles. The van der Waals surface area contributed by atoms with E-state index in [2.05, 4.69) is 10.6 Å². The Morgan fingerprint density at radius 1 is 1.33 bits per heavy atom. The number of halogens is 1. The summed E-state index contributed by atoms with van der Waals surface area (Å²) in [4.78, 5) is 22.6. The van der Waals surface area contributed by atoms with Crippen molar-refractivity contribution in [2.75, 3.05) is 23.4 Å². The Hall–Kier alpha value is -1.76. The van der Waals surface area contributed by atoms with Gasteiger partial charge < -0.3 is 15.7 Å². The molecule has 0 aliphatic carbocycles. The topological polar surface area (TPSA) is 78.4 Å². The Balaban J connectivity index is 1.87. The zero-order valence-electron chi connectivity index (χ0n) is 11.4. The van der Waals surface area contributed by atoms with Gasteiger partial charge in [0.2, 0.25) is 0 Å². The molecule has 0 aromatic heterocycles. The highest BCUT2D eigenvalue weighted by molar-refractivity contribution is 7.99. The molecule has 1 aliphatic rings. The molecule has 7 heteroatoms. The van der Waals surface area contributed by atoms with E-state index in [4.69, 9.17) is 5.11 Å². The van der Waals surface area contributed by atoms with Crippen molar-refractivity contribution in [3.05, 3.63) is 29.6 Å². The molecule has 0 bridgehead atoms. The maximum absolute atomic E-state index is 13.2. The first-order valence-electron chi connectivity index (χ1n) is 6.71. The van der Waals surface area contributed by atoms with Crippen LogP contribution in [0.4, 0.5) is 14.9 Å². The first-order valence-corrected chi connectivity index (χ1v) is 7.87. The molecule has 1 heterocycles. The van der Waals surface area contributed by atoms with Gasteiger partial charge in [0.1, 0.15) is 5.82 Å². The van der Waals surface area contributed by atoms with Gasteiger partial charge >= 0.3 is 12.0 Å². The summed E-state index contributed by atoms with van der Waals surface area (Å²) in [5.74, 6) is 0.533. The number of carbonyl (C=O) groups is 2. The molecule has 1 saturated heterocycles. The van der Waals surface area contributed by atoms with Crippen molar-refractivity contribution < 1.29 is 19.1 Å². The van der Waals surface area contributed by atoms with E-state index in [1.807, 2.05) is 11.8 Å². The predicted molar refractivity (Wildman–Crippen MR) is 80.4 cm³/mol. The van der Waals surface area contributed by atoms with Gasteiger partial charge in [-0.25, -0.2) is 14.0 Å². The SMILES string of the molecule is O=C(NCC1CCSCC1)Nc1ccc(F)c(C(=O)O)c1. The Kier molecular flexibility index (Phi) is 5.44. The molecule has 0 atom stereocenters. The lowest BCUT2D eigenvalue weighted by atomic mass is 10.0. The first kappa shape index (κ1) is 15.6. The van der Waals surface area contributed by atoms with E-state index in [9.17, 15) is 14.0 Å². The molecule has 21 heavy (non-hydrogen) atoms. The number of carboxylic acid groups (broad SMARTS) is 1. The lowest BCUT2D eigenvalue weighted by molar-refractivity contribution is 0.0692. The number of aromatic carboxylic acids is 1. The maximum atomic E-state index is 13.2. The van der Waals surface area contributed by atoms with E-state index in [-0.39, 0.29) is 5.69 Å². The summed E-state index contributed by atoms with van der Waals surface area (Å²) in [6.07, 6.45) is 2.18. The number of hydrogen-bond acceptors (Lipinski definition) is 3. The molecule has 2 amide bonds. The van der Waals surface area contributed by atoms with Crippen LogP contribution in [0.15, 0.2) is 18.2 Å². The fourth-order valence-corrected chi connectivity index (χ4v) is 3.33. The van der Waals surface area contributed by atoms with E-state index in [1.165, 1.54) is 6.07 Å². The van der Waals surface area contributed by atoms with E-state index < -0.39 is 23.4 Å². The monoisotopic (exact) mass is 312 g/mol. The van der Waals surface area contributed by atoms with Crippen LogP contribution in [0.3, 0.4) is 0 Å². The summed E-state index contributed by atoms with van der Waals surface area (Å²) in [6.45, 7) is 0.597. The van der Waals surface area contributed by atoms with Crippen LogP contribution in [0.1, 0.15) is 23.2 Å². The Morgan fingerprint density at radius 2 is 2.05 bits per heavy atom. The number of carboxylic acids is 1. The molecular weight excluding hydrogens is 295 g/mol. The number of carbonyl (C=O) groups excluding carboxylic acids is 1. The fraction of sp³-hybridized carbons (Fsp3) is 0.429. The molecule has 5 nitrogen and oxygen atoms in total. The number of rotatable bonds is 4. The average Bonchev–Trinajstić information content (AvgIpc) is 2.48. The van der Waals surface area contributed by atoms with Crippen molar-refractivity contribution in [1.82, 2.24) is 5.32 Å². The van der Waals surface area contributed by atoms with Gasteiger partial charge in [-0.15, -0.1) is 0 Å². The highest BCUT2D eigenvalue weighted by Crippen LogP contribution is 2.22. The van der Waals surface area contributed by atoms with Crippen LogP contribution in [-0.2, 0) is 0 Å². The predicted octanol–water partition coefficient (Wildman–Crippen LogP) is 2.79. The molecule has 1 aromatic rings. The van der Waals surface area contributed by atoms with Crippen LogP contribution < -0.4 is 10.6 Å². The van der Waals surface area contributed by atoms with Gasteiger partial charge in [0.25, 0.3) is 0 Å². The summed E-state index contributed by atoms with van der Waals surface area (Å²) < 4.78 is 13.2. The van der Waals surface area contributed by atoms with Crippen molar-refractivity contribution in [2.45, 2.75) is 12.8 Å². The van der Waals surface area contributed by atoms with Crippen molar-refractivity contribution >= 4 is 29.4 Å². The lowest BCUT2D eigenvalue weighted by Gasteiger charge is -2.21. The number of urea groups is 1. The van der Waals surface area contributed by atoms with Crippen molar-refractivity contribution in [2.24, 2.45) is 5.92 Å². The summed E-state index contributed by atoms with van der Waals surface area (Å²) >= 11 is 1.92. The third-order valence-corrected chi connectivity index (χ3v) is 4.40. The largest absolute Gasteiger partial charge is 0.478 e. The number of anilines is 1.